The lowest BCUT2D eigenvalue weighted by Gasteiger charge is -2.25. The Labute approximate surface area is 136 Å². The van der Waals surface area contributed by atoms with Gasteiger partial charge in [-0.2, -0.15) is 0 Å². The van der Waals surface area contributed by atoms with E-state index in [1.54, 1.807) is 0 Å². The summed E-state index contributed by atoms with van der Waals surface area (Å²) >= 11 is 0. The van der Waals surface area contributed by atoms with Crippen LogP contribution in [0.1, 0.15) is 36.7 Å². The van der Waals surface area contributed by atoms with E-state index in [1.807, 2.05) is 19.1 Å². The SMILES string of the molecule is Cc1nnc([C@@H](C)N2CCCN(Cc3ccc(F)cc3)CC2)o1. The van der Waals surface area contributed by atoms with Gasteiger partial charge >= 0.3 is 0 Å². The van der Waals surface area contributed by atoms with Crippen LogP contribution in [0.4, 0.5) is 4.39 Å². The molecular weight excluding hydrogens is 295 g/mol. The second-order valence-corrected chi connectivity index (χ2v) is 6.13. The highest BCUT2D eigenvalue weighted by atomic mass is 19.1. The smallest absolute Gasteiger partial charge is 0.233 e. The molecule has 0 saturated carbocycles. The van der Waals surface area contributed by atoms with Crippen molar-refractivity contribution in [2.75, 3.05) is 26.2 Å². The molecule has 1 fully saturated rings. The maximum absolute atomic E-state index is 13.0. The monoisotopic (exact) mass is 318 g/mol. The maximum atomic E-state index is 13.0. The molecule has 23 heavy (non-hydrogen) atoms. The van der Waals surface area contributed by atoms with E-state index in [0.29, 0.717) is 11.8 Å². The van der Waals surface area contributed by atoms with E-state index in [0.717, 1.165) is 44.7 Å². The van der Waals surface area contributed by atoms with Crippen LogP contribution >= 0.6 is 0 Å². The summed E-state index contributed by atoms with van der Waals surface area (Å²) in [5.41, 5.74) is 1.15. The Hall–Kier alpha value is -1.79. The van der Waals surface area contributed by atoms with Crippen molar-refractivity contribution >= 4 is 0 Å². The summed E-state index contributed by atoms with van der Waals surface area (Å²) in [6.07, 6.45) is 1.10. The van der Waals surface area contributed by atoms with Gasteiger partial charge in [-0.3, -0.25) is 9.80 Å². The molecule has 0 N–H and O–H groups in total. The molecule has 1 aromatic carbocycles. The molecule has 1 aliphatic rings. The first-order valence-electron chi connectivity index (χ1n) is 8.12. The lowest BCUT2D eigenvalue weighted by Crippen LogP contribution is -2.32. The Balaban J connectivity index is 1.57. The van der Waals surface area contributed by atoms with Gasteiger partial charge in [-0.1, -0.05) is 12.1 Å². The summed E-state index contributed by atoms with van der Waals surface area (Å²) in [6.45, 7) is 8.80. The van der Waals surface area contributed by atoms with Crippen molar-refractivity contribution in [1.82, 2.24) is 20.0 Å². The highest BCUT2D eigenvalue weighted by Gasteiger charge is 2.23. The van der Waals surface area contributed by atoms with Crippen LogP contribution in [0.15, 0.2) is 28.7 Å². The van der Waals surface area contributed by atoms with Gasteiger partial charge in [0.25, 0.3) is 0 Å². The van der Waals surface area contributed by atoms with E-state index in [2.05, 4.69) is 26.9 Å². The van der Waals surface area contributed by atoms with Crippen LogP contribution in [0.2, 0.25) is 0 Å². The predicted octanol–water partition coefficient (Wildman–Crippen LogP) is 2.79. The van der Waals surface area contributed by atoms with Crippen molar-refractivity contribution in [2.24, 2.45) is 0 Å². The highest BCUT2D eigenvalue weighted by Crippen LogP contribution is 2.21. The summed E-state index contributed by atoms with van der Waals surface area (Å²) in [4.78, 5) is 4.80. The molecule has 1 atom stereocenters. The summed E-state index contributed by atoms with van der Waals surface area (Å²) < 4.78 is 18.6. The molecule has 124 valence electrons. The molecule has 1 saturated heterocycles. The molecule has 0 radical (unpaired) electrons. The molecule has 6 heteroatoms. The van der Waals surface area contributed by atoms with Crippen LogP contribution in [-0.2, 0) is 6.54 Å². The van der Waals surface area contributed by atoms with Crippen molar-refractivity contribution in [3.05, 3.63) is 47.4 Å². The van der Waals surface area contributed by atoms with Crippen molar-refractivity contribution in [3.8, 4) is 0 Å². The molecule has 0 amide bonds. The third-order valence-electron chi connectivity index (χ3n) is 4.39. The van der Waals surface area contributed by atoms with Crippen LogP contribution in [0.5, 0.6) is 0 Å². The quantitative estimate of drug-likeness (QED) is 0.867. The van der Waals surface area contributed by atoms with Gasteiger partial charge < -0.3 is 4.42 Å². The number of aryl methyl sites for hydroxylation is 1. The molecule has 0 bridgehead atoms. The van der Waals surface area contributed by atoms with E-state index >= 15 is 0 Å². The molecule has 1 aromatic heterocycles. The number of rotatable bonds is 4. The molecule has 3 rings (SSSR count). The summed E-state index contributed by atoms with van der Waals surface area (Å²) in [5.74, 6) is 1.12. The van der Waals surface area contributed by atoms with E-state index < -0.39 is 0 Å². The van der Waals surface area contributed by atoms with Gasteiger partial charge in [-0.15, -0.1) is 10.2 Å². The minimum Gasteiger partial charge on any atom is -0.424 e. The van der Waals surface area contributed by atoms with Crippen molar-refractivity contribution in [2.45, 2.75) is 32.9 Å². The van der Waals surface area contributed by atoms with Crippen molar-refractivity contribution in [1.29, 1.82) is 0 Å². The molecule has 0 aliphatic carbocycles. The molecule has 0 unspecified atom stereocenters. The van der Waals surface area contributed by atoms with Crippen LogP contribution in [-0.4, -0.2) is 46.2 Å². The number of aromatic nitrogens is 2. The number of halogens is 1. The van der Waals surface area contributed by atoms with Crippen LogP contribution in [0.25, 0.3) is 0 Å². The maximum Gasteiger partial charge on any atom is 0.233 e. The van der Waals surface area contributed by atoms with Crippen LogP contribution in [0, 0.1) is 12.7 Å². The zero-order chi connectivity index (χ0) is 16.2. The second kappa shape index (κ2) is 7.19. The normalized spacial score (nSPS) is 18.7. The largest absolute Gasteiger partial charge is 0.424 e. The minimum absolute atomic E-state index is 0.141. The number of nitrogens with zero attached hydrogens (tertiary/aromatic N) is 4. The number of hydrogen-bond donors (Lipinski definition) is 0. The minimum atomic E-state index is -0.181. The lowest BCUT2D eigenvalue weighted by molar-refractivity contribution is 0.183. The van der Waals surface area contributed by atoms with Crippen LogP contribution < -0.4 is 0 Å². The average Bonchev–Trinajstić information content (AvgIpc) is 2.84. The summed E-state index contributed by atoms with van der Waals surface area (Å²) in [7, 11) is 0. The Morgan fingerprint density at radius 2 is 1.91 bits per heavy atom. The second-order valence-electron chi connectivity index (χ2n) is 6.13. The number of benzene rings is 1. The van der Waals surface area contributed by atoms with Gasteiger partial charge in [-0.25, -0.2) is 4.39 Å². The van der Waals surface area contributed by atoms with Crippen molar-refractivity contribution in [3.63, 3.8) is 0 Å². The van der Waals surface area contributed by atoms with Gasteiger partial charge in [0.05, 0.1) is 6.04 Å². The van der Waals surface area contributed by atoms with Gasteiger partial charge in [0.2, 0.25) is 11.8 Å². The molecular formula is C17H23FN4O. The number of hydrogen-bond acceptors (Lipinski definition) is 5. The van der Waals surface area contributed by atoms with Gasteiger partial charge in [-0.05, 0) is 37.6 Å². The molecule has 2 aromatic rings. The van der Waals surface area contributed by atoms with Gasteiger partial charge in [0, 0.05) is 33.1 Å². The van der Waals surface area contributed by atoms with Gasteiger partial charge in [0.15, 0.2) is 0 Å². The fourth-order valence-corrected chi connectivity index (χ4v) is 3.02. The van der Waals surface area contributed by atoms with Crippen LogP contribution in [0.3, 0.4) is 0 Å². The zero-order valence-electron chi connectivity index (χ0n) is 13.7. The van der Waals surface area contributed by atoms with Gasteiger partial charge in [0.1, 0.15) is 5.82 Å². The van der Waals surface area contributed by atoms with E-state index in [4.69, 9.17) is 4.42 Å². The topological polar surface area (TPSA) is 45.4 Å². The fraction of sp³-hybridized carbons (Fsp3) is 0.529. The fourth-order valence-electron chi connectivity index (χ4n) is 3.02. The summed E-state index contributed by atoms with van der Waals surface area (Å²) in [6, 6.07) is 6.92. The van der Waals surface area contributed by atoms with E-state index in [9.17, 15) is 4.39 Å². The van der Waals surface area contributed by atoms with E-state index in [1.165, 1.54) is 12.1 Å². The standard InChI is InChI=1S/C17H23FN4O/c1-13(17-20-19-14(2)23-17)22-9-3-8-21(10-11-22)12-15-4-6-16(18)7-5-15/h4-7,13H,3,8-12H2,1-2H3/t13-/m1/s1. The molecule has 2 heterocycles. The first-order valence-corrected chi connectivity index (χ1v) is 8.12. The third-order valence-corrected chi connectivity index (χ3v) is 4.39. The predicted molar refractivity (Wildman–Crippen MR) is 85.3 cm³/mol. The highest BCUT2D eigenvalue weighted by molar-refractivity contribution is 5.15. The average molecular weight is 318 g/mol. The summed E-state index contributed by atoms with van der Waals surface area (Å²) in [5, 5.41) is 8.06. The lowest BCUT2D eigenvalue weighted by atomic mass is 10.2. The first kappa shape index (κ1) is 16.1. The molecule has 1 aliphatic heterocycles. The zero-order valence-corrected chi connectivity index (χ0v) is 13.7. The Morgan fingerprint density at radius 1 is 1.13 bits per heavy atom. The Morgan fingerprint density at radius 3 is 2.61 bits per heavy atom. The first-order chi connectivity index (χ1) is 11.1. The Bertz CT molecular complexity index is 628. The third kappa shape index (κ3) is 4.14. The molecule has 5 nitrogen and oxygen atoms in total. The Kier molecular flexibility index (Phi) is 5.03. The van der Waals surface area contributed by atoms with Crippen molar-refractivity contribution < 1.29 is 8.81 Å². The molecule has 0 spiro atoms. The van der Waals surface area contributed by atoms with E-state index in [-0.39, 0.29) is 11.9 Å².